The van der Waals surface area contributed by atoms with Gasteiger partial charge in [0.25, 0.3) is 5.91 Å². The molecule has 2 aromatic carbocycles. The number of furan rings is 1. The van der Waals surface area contributed by atoms with Gasteiger partial charge in [-0.25, -0.2) is 0 Å². The van der Waals surface area contributed by atoms with Crippen LogP contribution in [0.25, 0.3) is 22.2 Å². The van der Waals surface area contributed by atoms with Crippen LogP contribution in [0.3, 0.4) is 0 Å². The summed E-state index contributed by atoms with van der Waals surface area (Å²) in [5.74, 6) is 0.399. The second kappa shape index (κ2) is 7.06. The molecule has 0 aliphatic carbocycles. The standard InChI is InChI=1S/C21H14Cl2N2O2/c1-12-5-7-14-17(24-12)3-2-4-18(14)25-21(26)20-10-9-19(27-20)13-6-8-15(22)16(23)11-13/h2-11H,1H3,(H,25,26). The smallest absolute Gasteiger partial charge is 0.291 e. The number of pyridine rings is 1. The zero-order valence-electron chi connectivity index (χ0n) is 14.3. The molecule has 1 N–H and O–H groups in total. The van der Waals surface area contributed by atoms with Gasteiger partial charge in [-0.1, -0.05) is 29.3 Å². The van der Waals surface area contributed by atoms with Crippen molar-refractivity contribution in [1.82, 2.24) is 4.98 Å². The maximum atomic E-state index is 12.6. The van der Waals surface area contributed by atoms with Gasteiger partial charge in [0.05, 0.1) is 21.2 Å². The van der Waals surface area contributed by atoms with Crippen LogP contribution in [0.4, 0.5) is 5.69 Å². The molecule has 134 valence electrons. The van der Waals surface area contributed by atoms with Gasteiger partial charge in [-0.2, -0.15) is 0 Å². The monoisotopic (exact) mass is 396 g/mol. The largest absolute Gasteiger partial charge is 0.451 e. The summed E-state index contributed by atoms with van der Waals surface area (Å²) in [6.45, 7) is 1.93. The number of aromatic nitrogens is 1. The van der Waals surface area contributed by atoms with Crippen molar-refractivity contribution in [2.75, 3.05) is 5.32 Å². The van der Waals surface area contributed by atoms with E-state index in [9.17, 15) is 4.79 Å². The second-order valence-electron chi connectivity index (χ2n) is 6.07. The fourth-order valence-electron chi connectivity index (χ4n) is 2.81. The molecule has 2 heterocycles. The fraction of sp³-hybridized carbons (Fsp3) is 0.0476. The van der Waals surface area contributed by atoms with Crippen molar-refractivity contribution < 1.29 is 9.21 Å². The highest BCUT2D eigenvalue weighted by atomic mass is 35.5. The molecule has 27 heavy (non-hydrogen) atoms. The first-order valence-corrected chi connectivity index (χ1v) is 9.00. The average Bonchev–Trinajstić information content (AvgIpc) is 3.14. The summed E-state index contributed by atoms with van der Waals surface area (Å²) in [6.07, 6.45) is 0. The lowest BCUT2D eigenvalue weighted by Gasteiger charge is -2.07. The molecule has 0 spiro atoms. The fourth-order valence-corrected chi connectivity index (χ4v) is 3.11. The molecule has 0 radical (unpaired) electrons. The van der Waals surface area contributed by atoms with Crippen LogP contribution in [0.15, 0.2) is 65.1 Å². The Morgan fingerprint density at radius 3 is 2.67 bits per heavy atom. The number of aryl methyl sites for hydroxylation is 1. The molecule has 0 fully saturated rings. The van der Waals surface area contributed by atoms with Crippen LogP contribution in [-0.2, 0) is 0 Å². The number of carbonyl (C=O) groups is 1. The minimum Gasteiger partial charge on any atom is -0.451 e. The van der Waals surface area contributed by atoms with Crippen LogP contribution < -0.4 is 5.32 Å². The SMILES string of the molecule is Cc1ccc2c(NC(=O)c3ccc(-c4ccc(Cl)c(Cl)c4)o3)cccc2n1. The predicted octanol–water partition coefficient (Wildman–Crippen LogP) is 6.36. The Kier molecular flexibility index (Phi) is 4.60. The molecular weight excluding hydrogens is 383 g/mol. The molecule has 0 aliphatic rings. The molecule has 4 aromatic rings. The molecule has 1 amide bonds. The van der Waals surface area contributed by atoms with Gasteiger partial charge in [-0.3, -0.25) is 9.78 Å². The van der Waals surface area contributed by atoms with Gasteiger partial charge in [-0.05, 0) is 61.5 Å². The molecule has 2 aromatic heterocycles. The van der Waals surface area contributed by atoms with E-state index in [1.54, 1.807) is 30.3 Å². The molecule has 4 rings (SSSR count). The van der Waals surface area contributed by atoms with E-state index in [1.165, 1.54) is 0 Å². The first-order valence-electron chi connectivity index (χ1n) is 8.24. The van der Waals surface area contributed by atoms with Crippen LogP contribution in [0.2, 0.25) is 10.0 Å². The summed E-state index contributed by atoms with van der Waals surface area (Å²) in [5.41, 5.74) is 3.16. The number of hydrogen-bond acceptors (Lipinski definition) is 3. The number of carbonyl (C=O) groups excluding carboxylic acids is 1. The minimum atomic E-state index is -0.339. The number of benzene rings is 2. The molecule has 4 nitrogen and oxygen atoms in total. The van der Waals surface area contributed by atoms with Crippen molar-refractivity contribution in [2.45, 2.75) is 6.92 Å². The highest BCUT2D eigenvalue weighted by Crippen LogP contribution is 2.30. The van der Waals surface area contributed by atoms with Gasteiger partial charge in [0.1, 0.15) is 5.76 Å². The van der Waals surface area contributed by atoms with Crippen LogP contribution in [0.5, 0.6) is 0 Å². The molecule has 0 atom stereocenters. The Morgan fingerprint density at radius 2 is 1.85 bits per heavy atom. The molecule has 0 bridgehead atoms. The highest BCUT2D eigenvalue weighted by Gasteiger charge is 2.14. The normalized spacial score (nSPS) is 10.9. The Balaban J connectivity index is 1.61. The number of rotatable bonds is 3. The number of fused-ring (bicyclic) bond motifs is 1. The molecular formula is C21H14Cl2N2O2. The van der Waals surface area contributed by atoms with Gasteiger partial charge >= 0.3 is 0 Å². The van der Waals surface area contributed by atoms with E-state index >= 15 is 0 Å². The number of anilines is 1. The molecule has 0 unspecified atom stereocenters. The summed E-state index contributed by atoms with van der Waals surface area (Å²) in [6, 6.07) is 18.0. The van der Waals surface area contributed by atoms with Crippen LogP contribution in [0.1, 0.15) is 16.2 Å². The Hall–Kier alpha value is -2.82. The number of nitrogens with one attached hydrogen (secondary N) is 1. The quantitative estimate of drug-likeness (QED) is 0.438. The molecule has 6 heteroatoms. The molecule has 0 aliphatic heterocycles. The summed E-state index contributed by atoms with van der Waals surface area (Å²) < 4.78 is 5.70. The first-order chi connectivity index (χ1) is 13.0. The van der Waals surface area contributed by atoms with E-state index in [4.69, 9.17) is 27.6 Å². The van der Waals surface area contributed by atoms with E-state index in [0.717, 1.165) is 22.2 Å². The number of hydrogen-bond donors (Lipinski definition) is 1. The third kappa shape index (κ3) is 3.54. The van der Waals surface area contributed by atoms with E-state index in [2.05, 4.69) is 10.3 Å². The van der Waals surface area contributed by atoms with Gasteiger partial charge in [0.2, 0.25) is 0 Å². The second-order valence-corrected chi connectivity index (χ2v) is 6.89. The van der Waals surface area contributed by atoms with Gasteiger partial charge < -0.3 is 9.73 Å². The average molecular weight is 397 g/mol. The van der Waals surface area contributed by atoms with E-state index in [1.807, 2.05) is 37.3 Å². The van der Waals surface area contributed by atoms with Crippen molar-refractivity contribution in [3.63, 3.8) is 0 Å². The van der Waals surface area contributed by atoms with Crippen LogP contribution >= 0.6 is 23.2 Å². The third-order valence-corrected chi connectivity index (χ3v) is 4.89. The topological polar surface area (TPSA) is 55.1 Å². The lowest BCUT2D eigenvalue weighted by atomic mass is 10.1. The van der Waals surface area contributed by atoms with Crippen molar-refractivity contribution in [1.29, 1.82) is 0 Å². The Morgan fingerprint density at radius 1 is 1.00 bits per heavy atom. The zero-order valence-corrected chi connectivity index (χ0v) is 15.8. The molecule has 0 saturated carbocycles. The Labute approximate surface area is 165 Å². The third-order valence-electron chi connectivity index (χ3n) is 4.15. The van der Waals surface area contributed by atoms with Crippen LogP contribution in [0, 0.1) is 6.92 Å². The number of halogens is 2. The Bertz CT molecular complexity index is 1170. The first kappa shape index (κ1) is 17.6. The minimum absolute atomic E-state index is 0.202. The van der Waals surface area contributed by atoms with Crippen LogP contribution in [-0.4, -0.2) is 10.9 Å². The summed E-state index contributed by atoms with van der Waals surface area (Å²) in [4.78, 5) is 17.1. The van der Waals surface area contributed by atoms with Gasteiger partial charge in [0, 0.05) is 16.6 Å². The highest BCUT2D eigenvalue weighted by molar-refractivity contribution is 6.42. The van der Waals surface area contributed by atoms with E-state index in [0.29, 0.717) is 21.5 Å². The van der Waals surface area contributed by atoms with E-state index in [-0.39, 0.29) is 11.7 Å². The maximum absolute atomic E-state index is 12.6. The number of nitrogens with zero attached hydrogens (tertiary/aromatic N) is 1. The summed E-state index contributed by atoms with van der Waals surface area (Å²) in [5, 5.41) is 4.64. The number of amides is 1. The van der Waals surface area contributed by atoms with Gasteiger partial charge in [-0.15, -0.1) is 0 Å². The van der Waals surface area contributed by atoms with Crippen molar-refractivity contribution >= 4 is 45.7 Å². The molecule has 0 saturated heterocycles. The van der Waals surface area contributed by atoms with E-state index < -0.39 is 0 Å². The lowest BCUT2D eigenvalue weighted by Crippen LogP contribution is -2.11. The van der Waals surface area contributed by atoms with Crippen molar-refractivity contribution in [2.24, 2.45) is 0 Å². The zero-order chi connectivity index (χ0) is 19.0. The van der Waals surface area contributed by atoms with Crippen molar-refractivity contribution in [3.8, 4) is 11.3 Å². The lowest BCUT2D eigenvalue weighted by molar-refractivity contribution is 0.0997. The maximum Gasteiger partial charge on any atom is 0.291 e. The summed E-state index contributed by atoms with van der Waals surface area (Å²) >= 11 is 12.0. The van der Waals surface area contributed by atoms with Gasteiger partial charge in [0.15, 0.2) is 5.76 Å². The van der Waals surface area contributed by atoms with Crippen molar-refractivity contribution in [3.05, 3.63) is 82.2 Å². The summed E-state index contributed by atoms with van der Waals surface area (Å²) in [7, 11) is 0. The predicted molar refractivity (Wildman–Crippen MR) is 109 cm³/mol.